The van der Waals surface area contributed by atoms with Crippen LogP contribution in [-0.2, 0) is 14.3 Å². The molecule has 6 heteroatoms. The Balaban J connectivity index is 1.82. The molecule has 0 unspecified atom stereocenters. The summed E-state index contributed by atoms with van der Waals surface area (Å²) in [6.07, 6.45) is 14.9. The molecule has 1 fully saturated rings. The van der Waals surface area contributed by atoms with Crippen molar-refractivity contribution in [2.45, 2.75) is 121 Å². The molecule has 0 radical (unpaired) electrons. The van der Waals surface area contributed by atoms with Gasteiger partial charge in [-0.1, -0.05) is 50.3 Å². The lowest BCUT2D eigenvalue weighted by atomic mass is 9.99. The van der Waals surface area contributed by atoms with Crippen LogP contribution in [0.4, 0.5) is 0 Å². The van der Waals surface area contributed by atoms with Crippen molar-refractivity contribution in [2.75, 3.05) is 0 Å². The van der Waals surface area contributed by atoms with Gasteiger partial charge in [-0.15, -0.1) is 0 Å². The van der Waals surface area contributed by atoms with E-state index in [1.54, 1.807) is 6.08 Å². The van der Waals surface area contributed by atoms with Crippen LogP contribution in [0.3, 0.4) is 0 Å². The summed E-state index contributed by atoms with van der Waals surface area (Å²) in [4.78, 5) is 11.9. The zero-order valence-corrected chi connectivity index (χ0v) is 18.3. The number of aliphatic hydroxyl groups is 3. The smallest absolute Gasteiger partial charge is 0.330 e. The van der Waals surface area contributed by atoms with E-state index < -0.39 is 36.5 Å². The second-order valence-electron chi connectivity index (χ2n) is 8.68. The molecule has 2 heterocycles. The molecule has 172 valence electrons. The fourth-order valence-electron chi connectivity index (χ4n) is 3.93. The molecule has 0 aromatic rings. The lowest BCUT2D eigenvalue weighted by molar-refractivity contribution is -0.142. The van der Waals surface area contributed by atoms with Gasteiger partial charge in [0.1, 0.15) is 18.3 Å². The number of ether oxygens (including phenoxy) is 2. The number of esters is 1. The number of allylic oxidation sites excluding steroid dienone is 2. The van der Waals surface area contributed by atoms with Crippen LogP contribution < -0.4 is 0 Å². The van der Waals surface area contributed by atoms with Crippen LogP contribution in [0.15, 0.2) is 24.3 Å². The summed E-state index contributed by atoms with van der Waals surface area (Å²) < 4.78 is 10.7. The number of hydrogen-bond donors (Lipinski definition) is 3. The Hall–Kier alpha value is -1.21. The van der Waals surface area contributed by atoms with Crippen LogP contribution in [0.2, 0.25) is 0 Å². The molecule has 0 spiro atoms. The fourth-order valence-corrected chi connectivity index (χ4v) is 3.93. The predicted octanol–water partition coefficient (Wildman–Crippen LogP) is 3.58. The van der Waals surface area contributed by atoms with Gasteiger partial charge in [0.05, 0.1) is 18.3 Å². The van der Waals surface area contributed by atoms with E-state index in [1.807, 2.05) is 6.92 Å². The van der Waals surface area contributed by atoms with Crippen molar-refractivity contribution in [2.24, 2.45) is 0 Å². The van der Waals surface area contributed by atoms with E-state index in [0.29, 0.717) is 6.42 Å². The van der Waals surface area contributed by atoms with E-state index in [-0.39, 0.29) is 12.5 Å². The number of rotatable bonds is 0. The van der Waals surface area contributed by atoms with Crippen molar-refractivity contribution in [1.82, 2.24) is 0 Å². The average Bonchev–Trinajstić information content (AvgIpc) is 3.50. The highest BCUT2D eigenvalue weighted by atomic mass is 16.6. The first-order valence-electron chi connectivity index (χ1n) is 11.7. The SMILES string of the molecule is C[C@@H]1CCCC=CCCCCCCCC[C@@H](O)[C@H](O)[C@H]2O[C@H]2[C@@H](O)CC=CC(=O)O1. The molecule has 30 heavy (non-hydrogen) atoms. The molecule has 1 saturated heterocycles. The van der Waals surface area contributed by atoms with Crippen LogP contribution in [-0.4, -0.2) is 57.9 Å². The third kappa shape index (κ3) is 9.73. The highest BCUT2D eigenvalue weighted by molar-refractivity contribution is 5.82. The molecule has 0 aliphatic carbocycles. The molecule has 6 atom stereocenters. The summed E-state index contributed by atoms with van der Waals surface area (Å²) in [7, 11) is 0. The molecule has 6 nitrogen and oxygen atoms in total. The van der Waals surface area contributed by atoms with Gasteiger partial charge in [0.25, 0.3) is 0 Å². The standard InChI is InChI=1S/C24H40O6/c1-18-14-11-9-7-5-3-2-4-6-8-10-12-15-19(25)22(28)24-23(30-24)20(26)16-13-17-21(27)29-18/h5,7,13,17-20,22-26,28H,2-4,6,8-12,14-16H2,1H3/t18-,19-,20+,22+,23+,24-/m1/s1. The van der Waals surface area contributed by atoms with Gasteiger partial charge in [0, 0.05) is 6.08 Å². The molecule has 2 aliphatic heterocycles. The highest BCUT2D eigenvalue weighted by Crippen LogP contribution is 2.32. The molecule has 0 saturated carbocycles. The number of aliphatic hydroxyl groups excluding tert-OH is 3. The zero-order chi connectivity index (χ0) is 21.8. The van der Waals surface area contributed by atoms with Gasteiger partial charge in [-0.3, -0.25) is 0 Å². The van der Waals surface area contributed by atoms with Crippen molar-refractivity contribution in [1.29, 1.82) is 0 Å². The maximum Gasteiger partial charge on any atom is 0.330 e. The van der Waals surface area contributed by atoms with Crippen molar-refractivity contribution in [3.05, 3.63) is 24.3 Å². The Morgan fingerprint density at radius 3 is 2.23 bits per heavy atom. The van der Waals surface area contributed by atoms with Crippen LogP contribution in [0.5, 0.6) is 0 Å². The Morgan fingerprint density at radius 2 is 1.47 bits per heavy atom. The molecule has 3 N–H and O–H groups in total. The first-order chi connectivity index (χ1) is 14.5. The third-order valence-electron chi connectivity index (χ3n) is 5.89. The summed E-state index contributed by atoms with van der Waals surface area (Å²) in [5.41, 5.74) is 0. The highest BCUT2D eigenvalue weighted by Gasteiger charge is 2.50. The number of fused-ring (bicyclic) bond motifs is 1. The Morgan fingerprint density at radius 1 is 0.800 bits per heavy atom. The average molecular weight is 425 g/mol. The topological polar surface area (TPSA) is 99.5 Å². The van der Waals surface area contributed by atoms with Gasteiger partial charge >= 0.3 is 5.97 Å². The van der Waals surface area contributed by atoms with Gasteiger partial charge in [-0.2, -0.15) is 0 Å². The normalized spacial score (nSPS) is 36.3. The summed E-state index contributed by atoms with van der Waals surface area (Å²) in [6, 6.07) is 0. The third-order valence-corrected chi connectivity index (χ3v) is 5.89. The van der Waals surface area contributed by atoms with Crippen molar-refractivity contribution in [3.63, 3.8) is 0 Å². The monoisotopic (exact) mass is 424 g/mol. The van der Waals surface area contributed by atoms with Crippen LogP contribution >= 0.6 is 0 Å². The minimum atomic E-state index is -0.989. The predicted molar refractivity (Wildman–Crippen MR) is 116 cm³/mol. The second kappa shape index (κ2) is 14.0. The Bertz CT molecular complexity index is 546. The molecular weight excluding hydrogens is 384 g/mol. The van der Waals surface area contributed by atoms with Crippen molar-refractivity contribution >= 4 is 5.97 Å². The molecule has 2 aliphatic rings. The maximum absolute atomic E-state index is 11.9. The molecular formula is C24H40O6. The Kier molecular flexibility index (Phi) is 11.7. The van der Waals surface area contributed by atoms with Crippen molar-refractivity contribution in [3.8, 4) is 0 Å². The van der Waals surface area contributed by atoms with Gasteiger partial charge in [0.15, 0.2) is 0 Å². The van der Waals surface area contributed by atoms with E-state index >= 15 is 0 Å². The van der Waals surface area contributed by atoms with E-state index in [4.69, 9.17) is 9.47 Å². The molecule has 0 bridgehead atoms. The second-order valence-corrected chi connectivity index (χ2v) is 8.68. The number of carbonyl (C=O) groups excluding carboxylic acids is 1. The maximum atomic E-state index is 11.9. The number of cyclic esters (lactones) is 1. The van der Waals surface area contributed by atoms with Gasteiger partial charge in [0.2, 0.25) is 0 Å². The lowest BCUT2D eigenvalue weighted by Crippen LogP contribution is -2.34. The fraction of sp³-hybridized carbons (Fsp3) is 0.792. The summed E-state index contributed by atoms with van der Waals surface area (Å²) in [5, 5.41) is 30.7. The van der Waals surface area contributed by atoms with E-state index in [1.165, 1.54) is 25.3 Å². The van der Waals surface area contributed by atoms with Gasteiger partial charge in [-0.05, 0) is 51.9 Å². The first-order valence-corrected chi connectivity index (χ1v) is 11.7. The zero-order valence-electron chi connectivity index (χ0n) is 18.3. The molecule has 0 aromatic heterocycles. The summed E-state index contributed by atoms with van der Waals surface area (Å²) >= 11 is 0. The summed E-state index contributed by atoms with van der Waals surface area (Å²) in [5.74, 6) is -0.413. The van der Waals surface area contributed by atoms with Crippen molar-refractivity contribution < 1.29 is 29.6 Å². The lowest BCUT2D eigenvalue weighted by Gasteiger charge is -2.16. The van der Waals surface area contributed by atoms with Crippen LogP contribution in [0, 0.1) is 0 Å². The van der Waals surface area contributed by atoms with Crippen LogP contribution in [0.25, 0.3) is 0 Å². The quantitative estimate of drug-likeness (QED) is 0.312. The number of epoxide rings is 1. The van der Waals surface area contributed by atoms with E-state index in [9.17, 15) is 20.1 Å². The van der Waals surface area contributed by atoms with Gasteiger partial charge < -0.3 is 24.8 Å². The summed E-state index contributed by atoms with van der Waals surface area (Å²) in [6.45, 7) is 1.89. The molecule has 0 amide bonds. The van der Waals surface area contributed by atoms with Crippen LogP contribution in [0.1, 0.15) is 84.0 Å². The van der Waals surface area contributed by atoms with E-state index in [0.717, 1.165) is 44.9 Å². The molecule has 2 rings (SSSR count). The number of hydrogen-bond acceptors (Lipinski definition) is 6. The Labute approximate surface area is 181 Å². The largest absolute Gasteiger partial charge is 0.460 e. The van der Waals surface area contributed by atoms with Gasteiger partial charge in [-0.25, -0.2) is 4.79 Å². The first kappa shape index (κ1) is 25.1. The minimum Gasteiger partial charge on any atom is -0.460 e. The molecule has 0 aromatic carbocycles. The minimum absolute atomic E-state index is 0.140. The van der Waals surface area contributed by atoms with E-state index in [2.05, 4.69) is 12.2 Å². The number of carbonyl (C=O) groups is 1.